The van der Waals surface area contributed by atoms with E-state index in [9.17, 15) is 14.0 Å². The second-order valence-electron chi connectivity index (χ2n) is 4.34. The Morgan fingerprint density at radius 2 is 1.84 bits per heavy atom. The van der Waals surface area contributed by atoms with Gasteiger partial charge in [0.1, 0.15) is 12.4 Å². The molecule has 0 fully saturated rings. The topological polar surface area (TPSA) is 46.6 Å². The van der Waals surface area contributed by atoms with E-state index in [1.165, 1.54) is 29.2 Å². The Morgan fingerprint density at radius 3 is 2.32 bits per heavy atom. The van der Waals surface area contributed by atoms with Gasteiger partial charge >= 0.3 is 5.97 Å². The van der Waals surface area contributed by atoms with E-state index in [2.05, 4.69) is 0 Å². The molecule has 19 heavy (non-hydrogen) atoms. The second-order valence-corrected chi connectivity index (χ2v) is 4.34. The number of amides is 1. The summed E-state index contributed by atoms with van der Waals surface area (Å²) in [6, 6.07) is 5.09. The van der Waals surface area contributed by atoms with Gasteiger partial charge in [-0.2, -0.15) is 0 Å². The van der Waals surface area contributed by atoms with Gasteiger partial charge in [0.05, 0.1) is 6.61 Å². The van der Waals surface area contributed by atoms with Crippen LogP contribution in [0.5, 0.6) is 0 Å². The van der Waals surface area contributed by atoms with Crippen molar-refractivity contribution >= 4 is 11.9 Å². The van der Waals surface area contributed by atoms with Crippen molar-refractivity contribution in [3.8, 4) is 0 Å². The third-order valence-corrected chi connectivity index (χ3v) is 2.58. The van der Waals surface area contributed by atoms with Gasteiger partial charge in [0.25, 0.3) is 5.91 Å². The number of carbonyl (C=O) groups is 2. The molecule has 0 unspecified atom stereocenters. The third kappa shape index (κ3) is 4.35. The van der Waals surface area contributed by atoms with Gasteiger partial charge in [-0.25, -0.2) is 4.39 Å². The molecule has 0 atom stereocenters. The van der Waals surface area contributed by atoms with Gasteiger partial charge in [0, 0.05) is 11.6 Å². The third-order valence-electron chi connectivity index (χ3n) is 2.58. The predicted molar refractivity (Wildman–Crippen MR) is 69.2 cm³/mol. The van der Waals surface area contributed by atoms with Crippen molar-refractivity contribution in [1.82, 2.24) is 4.90 Å². The number of nitrogens with zero attached hydrogens (tertiary/aromatic N) is 1. The molecule has 4 nitrogen and oxygen atoms in total. The van der Waals surface area contributed by atoms with E-state index in [-0.39, 0.29) is 25.1 Å². The summed E-state index contributed by atoms with van der Waals surface area (Å²) in [6.45, 7) is 5.48. The molecule has 0 aliphatic carbocycles. The van der Waals surface area contributed by atoms with Crippen LogP contribution in [-0.4, -0.2) is 36.0 Å². The van der Waals surface area contributed by atoms with E-state index < -0.39 is 11.8 Å². The maximum atomic E-state index is 12.8. The van der Waals surface area contributed by atoms with Crippen molar-refractivity contribution in [2.45, 2.75) is 26.8 Å². The molecule has 5 heteroatoms. The first-order valence-corrected chi connectivity index (χ1v) is 6.17. The van der Waals surface area contributed by atoms with E-state index in [1.54, 1.807) is 20.8 Å². The van der Waals surface area contributed by atoms with Gasteiger partial charge in [-0.3, -0.25) is 9.59 Å². The highest BCUT2D eigenvalue weighted by molar-refractivity contribution is 5.96. The van der Waals surface area contributed by atoms with Gasteiger partial charge in [0.15, 0.2) is 0 Å². The number of ether oxygens (including phenoxy) is 1. The van der Waals surface area contributed by atoms with E-state index in [1.807, 2.05) is 0 Å². The molecule has 1 aromatic rings. The molecule has 0 heterocycles. The SMILES string of the molecule is CCOC(=O)CN(C(=O)c1ccc(F)cc1)C(C)C. The Labute approximate surface area is 112 Å². The number of hydrogen-bond donors (Lipinski definition) is 0. The summed E-state index contributed by atoms with van der Waals surface area (Å²) in [4.78, 5) is 25.1. The van der Waals surface area contributed by atoms with Crippen LogP contribution in [0.4, 0.5) is 4.39 Å². The Kier molecular flexibility index (Phi) is 5.48. The van der Waals surface area contributed by atoms with Gasteiger partial charge in [-0.1, -0.05) is 0 Å². The molecular formula is C14H18FNO3. The number of rotatable bonds is 5. The minimum Gasteiger partial charge on any atom is -0.465 e. The maximum absolute atomic E-state index is 12.8. The van der Waals surface area contributed by atoms with Crippen LogP contribution in [0.25, 0.3) is 0 Å². The van der Waals surface area contributed by atoms with Crippen LogP contribution >= 0.6 is 0 Å². The Morgan fingerprint density at radius 1 is 1.26 bits per heavy atom. The van der Waals surface area contributed by atoms with Gasteiger partial charge in [0.2, 0.25) is 0 Å². The van der Waals surface area contributed by atoms with Gasteiger partial charge < -0.3 is 9.64 Å². The van der Waals surface area contributed by atoms with Crippen molar-refractivity contribution in [2.24, 2.45) is 0 Å². The summed E-state index contributed by atoms with van der Waals surface area (Å²) in [7, 11) is 0. The highest BCUT2D eigenvalue weighted by Gasteiger charge is 2.22. The van der Waals surface area contributed by atoms with Crippen molar-refractivity contribution < 1.29 is 18.7 Å². The molecule has 0 saturated carbocycles. The molecule has 104 valence electrons. The Balaban J connectivity index is 2.84. The van der Waals surface area contributed by atoms with E-state index in [0.717, 1.165) is 0 Å². The van der Waals surface area contributed by atoms with E-state index in [4.69, 9.17) is 4.74 Å². The average molecular weight is 267 g/mol. The Bertz CT molecular complexity index is 443. The lowest BCUT2D eigenvalue weighted by Crippen LogP contribution is -2.41. The van der Waals surface area contributed by atoms with Crippen molar-refractivity contribution in [3.05, 3.63) is 35.6 Å². The van der Waals surface area contributed by atoms with Crippen LogP contribution in [0.15, 0.2) is 24.3 Å². The summed E-state index contributed by atoms with van der Waals surface area (Å²) >= 11 is 0. The predicted octanol–water partition coefficient (Wildman–Crippen LogP) is 2.24. The molecule has 0 saturated heterocycles. The fraction of sp³-hybridized carbons (Fsp3) is 0.429. The second kappa shape index (κ2) is 6.87. The first-order valence-electron chi connectivity index (χ1n) is 6.17. The minimum atomic E-state index is -0.452. The van der Waals surface area contributed by atoms with Crippen molar-refractivity contribution in [2.75, 3.05) is 13.2 Å². The molecule has 0 aromatic heterocycles. The normalized spacial score (nSPS) is 10.4. The van der Waals surface area contributed by atoms with Crippen LogP contribution in [0, 0.1) is 5.82 Å². The van der Waals surface area contributed by atoms with Crippen LogP contribution in [-0.2, 0) is 9.53 Å². The zero-order valence-electron chi connectivity index (χ0n) is 11.4. The molecule has 0 N–H and O–H groups in total. The highest BCUT2D eigenvalue weighted by atomic mass is 19.1. The molecule has 0 radical (unpaired) electrons. The van der Waals surface area contributed by atoms with Crippen molar-refractivity contribution in [1.29, 1.82) is 0 Å². The standard InChI is InChI=1S/C14H18FNO3/c1-4-19-13(17)9-16(10(2)3)14(18)11-5-7-12(15)8-6-11/h5-8,10H,4,9H2,1-3H3. The molecule has 0 spiro atoms. The molecule has 0 aliphatic heterocycles. The first-order chi connectivity index (χ1) is 8.95. The Hall–Kier alpha value is -1.91. The summed E-state index contributed by atoms with van der Waals surface area (Å²) < 4.78 is 17.7. The fourth-order valence-corrected chi connectivity index (χ4v) is 1.59. The lowest BCUT2D eigenvalue weighted by Gasteiger charge is -2.25. The number of esters is 1. The van der Waals surface area contributed by atoms with Crippen LogP contribution in [0.3, 0.4) is 0 Å². The molecule has 1 rings (SSSR count). The van der Waals surface area contributed by atoms with Crippen LogP contribution in [0.2, 0.25) is 0 Å². The molecule has 1 amide bonds. The molecule has 1 aromatic carbocycles. The number of carbonyl (C=O) groups excluding carboxylic acids is 2. The number of hydrogen-bond acceptors (Lipinski definition) is 3. The molecular weight excluding hydrogens is 249 g/mol. The quantitative estimate of drug-likeness (QED) is 0.769. The molecule has 0 aliphatic rings. The van der Waals surface area contributed by atoms with Gasteiger partial charge in [-0.15, -0.1) is 0 Å². The lowest BCUT2D eigenvalue weighted by atomic mass is 10.1. The van der Waals surface area contributed by atoms with E-state index in [0.29, 0.717) is 5.56 Å². The monoisotopic (exact) mass is 267 g/mol. The first kappa shape index (κ1) is 15.1. The summed E-state index contributed by atoms with van der Waals surface area (Å²) in [5.74, 6) is -1.17. The zero-order valence-corrected chi connectivity index (χ0v) is 11.4. The smallest absolute Gasteiger partial charge is 0.325 e. The number of halogens is 1. The van der Waals surface area contributed by atoms with E-state index >= 15 is 0 Å². The van der Waals surface area contributed by atoms with Crippen LogP contribution in [0.1, 0.15) is 31.1 Å². The summed E-state index contributed by atoms with van der Waals surface area (Å²) in [5.41, 5.74) is 0.347. The zero-order chi connectivity index (χ0) is 14.4. The lowest BCUT2D eigenvalue weighted by molar-refractivity contribution is -0.144. The number of benzene rings is 1. The highest BCUT2D eigenvalue weighted by Crippen LogP contribution is 2.10. The largest absolute Gasteiger partial charge is 0.465 e. The summed E-state index contributed by atoms with van der Waals surface area (Å²) in [5, 5.41) is 0. The summed E-state index contributed by atoms with van der Waals surface area (Å²) in [6.07, 6.45) is 0. The fourth-order valence-electron chi connectivity index (χ4n) is 1.59. The average Bonchev–Trinajstić information content (AvgIpc) is 2.36. The van der Waals surface area contributed by atoms with Gasteiger partial charge in [-0.05, 0) is 45.0 Å². The molecule has 0 bridgehead atoms. The van der Waals surface area contributed by atoms with Crippen LogP contribution < -0.4 is 0 Å². The van der Waals surface area contributed by atoms with Crippen molar-refractivity contribution in [3.63, 3.8) is 0 Å². The maximum Gasteiger partial charge on any atom is 0.325 e. The minimum absolute atomic E-state index is 0.109.